The van der Waals surface area contributed by atoms with E-state index < -0.39 is 0 Å². The average Bonchev–Trinajstić information content (AvgIpc) is 2.83. The van der Waals surface area contributed by atoms with Gasteiger partial charge in [-0.25, -0.2) is 0 Å². The molecule has 0 unspecified atom stereocenters. The molecule has 1 aliphatic carbocycles. The van der Waals surface area contributed by atoms with E-state index in [1.165, 1.54) is 5.56 Å². The van der Waals surface area contributed by atoms with Gasteiger partial charge >= 0.3 is 11.8 Å². The lowest BCUT2D eigenvalue weighted by Crippen LogP contribution is -2.36. The SMILES string of the molecule is Cc1nnc(C(=O)N(C)C[C@]2(c3ccccc3)CC2(C)C)o1. The van der Waals surface area contributed by atoms with Crippen molar-refractivity contribution in [3.8, 4) is 0 Å². The van der Waals surface area contributed by atoms with Crippen LogP contribution in [-0.2, 0) is 5.41 Å². The van der Waals surface area contributed by atoms with Gasteiger partial charge in [0.15, 0.2) is 0 Å². The fourth-order valence-electron chi connectivity index (χ4n) is 3.34. The maximum Gasteiger partial charge on any atom is 0.311 e. The molecule has 0 saturated heterocycles. The first kappa shape index (κ1) is 14.8. The van der Waals surface area contributed by atoms with Crippen LogP contribution in [0.4, 0.5) is 0 Å². The summed E-state index contributed by atoms with van der Waals surface area (Å²) in [5, 5.41) is 7.54. The summed E-state index contributed by atoms with van der Waals surface area (Å²) in [6, 6.07) is 10.4. The quantitative estimate of drug-likeness (QED) is 0.871. The number of hydrogen-bond acceptors (Lipinski definition) is 4. The minimum Gasteiger partial charge on any atom is -0.417 e. The van der Waals surface area contributed by atoms with Crippen LogP contribution in [0.3, 0.4) is 0 Å². The Balaban J connectivity index is 1.83. The molecule has 1 saturated carbocycles. The monoisotopic (exact) mass is 299 g/mol. The third kappa shape index (κ3) is 2.30. The van der Waals surface area contributed by atoms with Crippen LogP contribution < -0.4 is 0 Å². The number of benzene rings is 1. The third-order valence-corrected chi connectivity index (χ3v) is 4.80. The highest BCUT2D eigenvalue weighted by atomic mass is 16.4. The molecule has 0 N–H and O–H groups in total. The van der Waals surface area contributed by atoms with Crippen molar-refractivity contribution >= 4 is 5.91 Å². The van der Waals surface area contributed by atoms with E-state index in [0.29, 0.717) is 12.4 Å². The molecule has 1 aliphatic rings. The first-order chi connectivity index (χ1) is 10.4. The van der Waals surface area contributed by atoms with Crippen molar-refractivity contribution in [3.05, 3.63) is 47.7 Å². The molecular weight excluding hydrogens is 278 g/mol. The zero-order valence-electron chi connectivity index (χ0n) is 13.5. The molecule has 3 rings (SSSR count). The lowest BCUT2D eigenvalue weighted by atomic mass is 9.87. The predicted molar refractivity (Wildman–Crippen MR) is 82.5 cm³/mol. The fourth-order valence-corrected chi connectivity index (χ4v) is 3.34. The van der Waals surface area contributed by atoms with Crippen LogP contribution >= 0.6 is 0 Å². The van der Waals surface area contributed by atoms with E-state index in [-0.39, 0.29) is 22.6 Å². The van der Waals surface area contributed by atoms with Crippen molar-refractivity contribution in [3.63, 3.8) is 0 Å². The number of aromatic nitrogens is 2. The molecule has 1 aromatic carbocycles. The summed E-state index contributed by atoms with van der Waals surface area (Å²) in [7, 11) is 1.79. The highest BCUT2D eigenvalue weighted by molar-refractivity contribution is 5.89. The maximum absolute atomic E-state index is 12.4. The van der Waals surface area contributed by atoms with Gasteiger partial charge in [-0.1, -0.05) is 44.2 Å². The number of nitrogens with zero attached hydrogens (tertiary/aromatic N) is 3. The van der Waals surface area contributed by atoms with E-state index >= 15 is 0 Å². The standard InChI is InChI=1S/C17H21N3O2/c1-12-18-19-14(22-12)15(21)20(4)11-17(10-16(17,2)3)13-8-6-5-7-9-13/h5-9H,10-11H2,1-4H3/t17-/m0/s1. The Bertz CT molecular complexity index is 693. The first-order valence-corrected chi connectivity index (χ1v) is 7.47. The van der Waals surface area contributed by atoms with Crippen molar-refractivity contribution in [2.45, 2.75) is 32.6 Å². The van der Waals surface area contributed by atoms with E-state index in [2.05, 4.69) is 48.3 Å². The maximum atomic E-state index is 12.4. The van der Waals surface area contributed by atoms with Gasteiger partial charge in [-0.05, 0) is 17.4 Å². The molecule has 1 fully saturated rings. The Morgan fingerprint density at radius 3 is 2.41 bits per heavy atom. The fraction of sp³-hybridized carbons (Fsp3) is 0.471. The minimum atomic E-state index is -0.224. The predicted octanol–water partition coefficient (Wildman–Crippen LogP) is 2.82. The topological polar surface area (TPSA) is 59.2 Å². The van der Waals surface area contributed by atoms with Crippen LogP contribution in [0.15, 0.2) is 34.7 Å². The van der Waals surface area contributed by atoms with E-state index in [1.807, 2.05) is 6.07 Å². The normalized spacial score (nSPS) is 22.4. The largest absolute Gasteiger partial charge is 0.417 e. The lowest BCUT2D eigenvalue weighted by Gasteiger charge is -2.27. The van der Waals surface area contributed by atoms with Crippen LogP contribution in [0, 0.1) is 12.3 Å². The molecule has 5 heteroatoms. The number of carbonyl (C=O) groups is 1. The molecule has 0 bridgehead atoms. The van der Waals surface area contributed by atoms with Gasteiger partial charge in [-0.3, -0.25) is 4.79 Å². The molecule has 1 atom stereocenters. The molecule has 0 spiro atoms. The average molecular weight is 299 g/mol. The second kappa shape index (κ2) is 4.93. The van der Waals surface area contributed by atoms with Crippen LogP contribution in [-0.4, -0.2) is 34.6 Å². The Kier molecular flexibility index (Phi) is 3.31. The molecule has 1 heterocycles. The lowest BCUT2D eigenvalue weighted by molar-refractivity contribution is 0.0734. The molecule has 0 radical (unpaired) electrons. The van der Waals surface area contributed by atoms with Crippen molar-refractivity contribution in [2.75, 3.05) is 13.6 Å². The minimum absolute atomic E-state index is 0.00621. The number of hydrogen-bond donors (Lipinski definition) is 0. The van der Waals surface area contributed by atoms with E-state index in [4.69, 9.17) is 4.42 Å². The molecule has 2 aromatic rings. The number of rotatable bonds is 4. The van der Waals surface area contributed by atoms with Gasteiger partial charge in [-0.15, -0.1) is 10.2 Å². The summed E-state index contributed by atoms with van der Waals surface area (Å²) in [5.41, 5.74) is 1.45. The molecular formula is C17H21N3O2. The molecule has 1 amide bonds. The number of amides is 1. The van der Waals surface area contributed by atoms with Gasteiger partial charge in [0, 0.05) is 25.9 Å². The van der Waals surface area contributed by atoms with Crippen molar-refractivity contribution in [1.29, 1.82) is 0 Å². The smallest absolute Gasteiger partial charge is 0.311 e. The summed E-state index contributed by atoms with van der Waals surface area (Å²) in [4.78, 5) is 14.1. The summed E-state index contributed by atoms with van der Waals surface area (Å²) in [6.45, 7) is 6.81. The molecule has 1 aromatic heterocycles. The van der Waals surface area contributed by atoms with Crippen molar-refractivity contribution < 1.29 is 9.21 Å². The molecule has 0 aliphatic heterocycles. The Labute approximate surface area is 130 Å². The zero-order valence-corrected chi connectivity index (χ0v) is 13.5. The van der Waals surface area contributed by atoms with E-state index in [9.17, 15) is 4.79 Å². The summed E-state index contributed by atoms with van der Waals surface area (Å²) in [6.07, 6.45) is 1.06. The van der Waals surface area contributed by atoms with Gasteiger partial charge < -0.3 is 9.32 Å². The molecule has 116 valence electrons. The first-order valence-electron chi connectivity index (χ1n) is 7.47. The van der Waals surface area contributed by atoms with Crippen LogP contribution in [0.2, 0.25) is 0 Å². The zero-order chi connectivity index (χ0) is 16.0. The van der Waals surface area contributed by atoms with Crippen molar-refractivity contribution in [2.24, 2.45) is 5.41 Å². The van der Waals surface area contributed by atoms with Gasteiger partial charge in [0.2, 0.25) is 5.89 Å². The summed E-state index contributed by atoms with van der Waals surface area (Å²) in [5.74, 6) is 0.238. The van der Waals surface area contributed by atoms with Crippen LogP contribution in [0.25, 0.3) is 0 Å². The second-order valence-electron chi connectivity index (χ2n) is 6.80. The second-order valence-corrected chi connectivity index (χ2v) is 6.80. The van der Waals surface area contributed by atoms with Crippen LogP contribution in [0.5, 0.6) is 0 Å². The Hall–Kier alpha value is -2.17. The summed E-state index contributed by atoms with van der Waals surface area (Å²) < 4.78 is 5.25. The van der Waals surface area contributed by atoms with Crippen LogP contribution in [0.1, 0.15) is 42.4 Å². The van der Waals surface area contributed by atoms with E-state index in [0.717, 1.165) is 6.42 Å². The number of aryl methyl sites for hydroxylation is 1. The van der Waals surface area contributed by atoms with Gasteiger partial charge in [-0.2, -0.15) is 0 Å². The molecule has 22 heavy (non-hydrogen) atoms. The van der Waals surface area contributed by atoms with Gasteiger partial charge in [0.05, 0.1) is 0 Å². The Morgan fingerprint density at radius 2 is 1.91 bits per heavy atom. The third-order valence-electron chi connectivity index (χ3n) is 4.80. The van der Waals surface area contributed by atoms with Gasteiger partial charge in [0.1, 0.15) is 0 Å². The highest BCUT2D eigenvalue weighted by Crippen LogP contribution is 2.64. The molecule has 5 nitrogen and oxygen atoms in total. The van der Waals surface area contributed by atoms with E-state index in [1.54, 1.807) is 18.9 Å². The highest BCUT2D eigenvalue weighted by Gasteiger charge is 2.62. The Morgan fingerprint density at radius 1 is 1.27 bits per heavy atom. The number of carbonyl (C=O) groups excluding carboxylic acids is 1. The summed E-state index contributed by atoms with van der Waals surface area (Å²) >= 11 is 0. The van der Waals surface area contributed by atoms with Crippen molar-refractivity contribution in [1.82, 2.24) is 15.1 Å². The van der Waals surface area contributed by atoms with Gasteiger partial charge in [0.25, 0.3) is 0 Å². The number of likely N-dealkylation sites (N-methyl/N-ethyl adjacent to an activating group) is 1.